The maximum atomic E-state index is 6.65. The molecule has 3 heterocycles. The second kappa shape index (κ2) is 19.4. The van der Waals surface area contributed by atoms with Crippen molar-refractivity contribution in [3.05, 3.63) is 5.82 Å². The van der Waals surface area contributed by atoms with Gasteiger partial charge in [0.25, 0.3) is 0 Å². The van der Waals surface area contributed by atoms with Gasteiger partial charge in [0.2, 0.25) is 11.9 Å². The number of nitrogens with one attached hydrogen (secondary N) is 4. The molecule has 0 saturated carbocycles. The lowest BCUT2D eigenvalue weighted by molar-refractivity contribution is -0.0323. The minimum Gasteiger partial charge on any atom is -0.354 e. The van der Waals surface area contributed by atoms with Crippen LogP contribution in [-0.2, 0) is 0 Å². The van der Waals surface area contributed by atoms with Crippen LogP contribution in [0.15, 0.2) is 0 Å². The number of nitrogens with two attached hydrogens (primary N) is 2. The molecule has 2 aliphatic rings. The van der Waals surface area contributed by atoms with E-state index < -0.39 is 0 Å². The van der Waals surface area contributed by atoms with Crippen LogP contribution in [0, 0.1) is 11.8 Å². The number of nitrogens with zero attached hydrogens (tertiary/aromatic N) is 5. The van der Waals surface area contributed by atoms with Crippen molar-refractivity contribution in [3.63, 3.8) is 0 Å². The van der Waals surface area contributed by atoms with Crippen LogP contribution >= 0.6 is 0 Å². The Hall–Kier alpha value is -1.63. The number of hydrogen-bond acceptors (Lipinski definition) is 11. The summed E-state index contributed by atoms with van der Waals surface area (Å²) in [6.45, 7) is 25.2. The molecule has 0 amide bonds. The molecule has 50 heavy (non-hydrogen) atoms. The summed E-state index contributed by atoms with van der Waals surface area (Å²) < 4.78 is 0. The fourth-order valence-electron chi connectivity index (χ4n) is 8.84. The van der Waals surface area contributed by atoms with Crippen molar-refractivity contribution in [3.8, 4) is 0 Å². The molecule has 0 aliphatic carbocycles. The minimum absolute atomic E-state index is 0.242. The first-order chi connectivity index (χ1) is 23.5. The van der Waals surface area contributed by atoms with E-state index in [9.17, 15) is 0 Å². The van der Waals surface area contributed by atoms with Gasteiger partial charge in [-0.25, -0.2) is 0 Å². The van der Waals surface area contributed by atoms with Crippen LogP contribution in [0.1, 0.15) is 144 Å². The molecule has 11 heteroatoms. The number of hydrogen-bond donors (Lipinski definition) is 6. The average Bonchev–Trinajstić information content (AvgIpc) is 3.02. The zero-order chi connectivity index (χ0) is 37.0. The number of unbranched alkanes of at least 4 members (excludes halogenated alkanes) is 2. The third-order valence-electron chi connectivity index (χ3n) is 12.1. The van der Waals surface area contributed by atoms with Crippen LogP contribution in [0.5, 0.6) is 0 Å². The fourth-order valence-corrected chi connectivity index (χ4v) is 8.84. The van der Waals surface area contributed by atoms with E-state index in [1.165, 1.54) is 51.4 Å². The molecule has 0 spiro atoms. The number of likely N-dealkylation sites (tertiary alicyclic amines) is 2. The number of rotatable bonds is 22. The van der Waals surface area contributed by atoms with Gasteiger partial charge >= 0.3 is 0 Å². The van der Waals surface area contributed by atoms with Gasteiger partial charge in [0.15, 0.2) is 5.82 Å². The summed E-state index contributed by atoms with van der Waals surface area (Å²) in [6.07, 6.45) is 13.9. The first-order valence-electron chi connectivity index (χ1n) is 20.1. The molecule has 1 unspecified atom stereocenters. The van der Waals surface area contributed by atoms with Gasteiger partial charge < -0.3 is 32.7 Å². The Bertz CT molecular complexity index is 1020. The van der Waals surface area contributed by atoms with Crippen LogP contribution in [0.4, 0.5) is 11.9 Å². The molecular formula is C39H79N11. The lowest BCUT2D eigenvalue weighted by Gasteiger charge is -2.54. The van der Waals surface area contributed by atoms with Crippen molar-refractivity contribution in [1.82, 2.24) is 35.4 Å². The second-order valence-corrected chi connectivity index (χ2v) is 18.1. The Morgan fingerprint density at radius 1 is 0.600 bits per heavy atom. The number of aromatic nitrogens is 3. The van der Waals surface area contributed by atoms with E-state index in [2.05, 4.69) is 101 Å². The summed E-state index contributed by atoms with van der Waals surface area (Å²) in [4.78, 5) is 19.5. The van der Waals surface area contributed by atoms with E-state index in [1.54, 1.807) is 0 Å². The summed E-state index contributed by atoms with van der Waals surface area (Å²) in [5, 5.41) is 13.9. The number of piperidine rings is 2. The van der Waals surface area contributed by atoms with E-state index in [4.69, 9.17) is 26.4 Å². The van der Waals surface area contributed by atoms with E-state index in [1.807, 2.05) is 0 Å². The molecule has 1 aromatic rings. The van der Waals surface area contributed by atoms with Crippen LogP contribution in [-0.4, -0.2) is 107 Å². The Labute approximate surface area is 307 Å². The zero-order valence-corrected chi connectivity index (χ0v) is 34.1. The molecular weight excluding hydrogens is 623 g/mol. The van der Waals surface area contributed by atoms with Crippen LogP contribution in [0.2, 0.25) is 0 Å². The van der Waals surface area contributed by atoms with Gasteiger partial charge in [-0.2, -0.15) is 15.0 Å². The summed E-state index contributed by atoms with van der Waals surface area (Å²) >= 11 is 0. The molecule has 2 fully saturated rings. The second-order valence-electron chi connectivity index (χ2n) is 18.1. The molecule has 2 saturated heterocycles. The van der Waals surface area contributed by atoms with Gasteiger partial charge in [-0.15, -0.1) is 0 Å². The minimum atomic E-state index is -0.260. The monoisotopic (exact) mass is 702 g/mol. The molecule has 0 aromatic carbocycles. The molecule has 8 N–H and O–H groups in total. The molecule has 290 valence electrons. The van der Waals surface area contributed by atoms with Crippen LogP contribution < -0.4 is 32.7 Å². The van der Waals surface area contributed by atoms with Crippen molar-refractivity contribution >= 4 is 11.9 Å². The molecule has 0 radical (unpaired) electrons. The van der Waals surface area contributed by atoms with Gasteiger partial charge in [0.1, 0.15) is 0 Å². The highest BCUT2D eigenvalue weighted by atomic mass is 15.2. The van der Waals surface area contributed by atoms with Crippen molar-refractivity contribution in [1.29, 1.82) is 0 Å². The predicted molar refractivity (Wildman–Crippen MR) is 213 cm³/mol. The van der Waals surface area contributed by atoms with Crippen LogP contribution in [0.25, 0.3) is 0 Å². The maximum absolute atomic E-state index is 6.65. The zero-order valence-electron chi connectivity index (χ0n) is 34.1. The SMILES string of the molecule is CN1C(C)(C)CC(CCCCNc2nc(NCCCCC3CC(C)(C)N(C)C(C)(C)C3)nc(C(N)CCNCCNCCCN)n2)CC1(C)C. The van der Waals surface area contributed by atoms with E-state index in [0.29, 0.717) is 17.7 Å². The van der Waals surface area contributed by atoms with Crippen molar-refractivity contribution in [2.75, 3.05) is 70.5 Å². The maximum Gasteiger partial charge on any atom is 0.227 e. The van der Waals surface area contributed by atoms with Gasteiger partial charge in [-0.1, -0.05) is 25.7 Å². The largest absolute Gasteiger partial charge is 0.354 e. The first kappa shape index (κ1) is 42.8. The Balaban J connectivity index is 1.51. The van der Waals surface area contributed by atoms with Crippen LogP contribution in [0.3, 0.4) is 0 Å². The topological polar surface area (TPSA) is 145 Å². The highest BCUT2D eigenvalue weighted by molar-refractivity contribution is 5.35. The van der Waals surface area contributed by atoms with Gasteiger partial charge in [-0.05, 0) is 152 Å². The van der Waals surface area contributed by atoms with E-state index in [0.717, 1.165) is 83.3 Å². The summed E-state index contributed by atoms with van der Waals surface area (Å²) in [5.41, 5.74) is 13.2. The van der Waals surface area contributed by atoms with Gasteiger partial charge in [-0.3, -0.25) is 9.80 Å². The standard InChI is InChI=1S/C39H79N11/c1-36(2)26-30(27-37(3,4)49(36)9)16-11-13-21-44-34-46-33(32(41)18-23-43-25-24-42-20-15-19-40)47-35(48-34)45-22-14-12-17-31-28-38(5,6)50(10)39(7,8)29-31/h30-32,42-43H,11-29,40-41H2,1-10H3,(H2,44,45,46,47,48). The summed E-state index contributed by atoms with van der Waals surface area (Å²) in [6, 6.07) is -0.260. The van der Waals surface area contributed by atoms with Gasteiger partial charge in [0, 0.05) is 48.3 Å². The Kier molecular flexibility index (Phi) is 16.6. The fraction of sp³-hybridized carbons (Fsp3) is 0.923. The molecule has 11 nitrogen and oxygen atoms in total. The normalized spacial score (nSPS) is 21.7. The molecule has 2 aliphatic heterocycles. The van der Waals surface area contributed by atoms with Crippen molar-refractivity contribution < 1.29 is 0 Å². The molecule has 3 rings (SSSR count). The lowest BCUT2D eigenvalue weighted by Crippen LogP contribution is -2.58. The quantitative estimate of drug-likeness (QED) is 0.0822. The third kappa shape index (κ3) is 13.4. The summed E-state index contributed by atoms with van der Waals surface area (Å²) in [5.74, 6) is 3.44. The third-order valence-corrected chi connectivity index (χ3v) is 12.1. The molecule has 1 aromatic heterocycles. The summed E-state index contributed by atoms with van der Waals surface area (Å²) in [7, 11) is 4.58. The average molecular weight is 702 g/mol. The molecule has 0 bridgehead atoms. The smallest absolute Gasteiger partial charge is 0.227 e. The Morgan fingerprint density at radius 3 is 1.44 bits per heavy atom. The van der Waals surface area contributed by atoms with Crippen molar-refractivity contribution in [2.24, 2.45) is 23.3 Å². The number of anilines is 2. The first-order valence-corrected chi connectivity index (χ1v) is 20.1. The van der Waals surface area contributed by atoms with Gasteiger partial charge in [0.05, 0.1) is 6.04 Å². The predicted octanol–water partition coefficient (Wildman–Crippen LogP) is 5.75. The Morgan fingerprint density at radius 2 is 1.02 bits per heavy atom. The highest BCUT2D eigenvalue weighted by Crippen LogP contribution is 2.43. The lowest BCUT2D eigenvalue weighted by atomic mass is 9.72. The molecule has 1 atom stereocenters. The van der Waals surface area contributed by atoms with Crippen molar-refractivity contribution in [2.45, 2.75) is 161 Å². The van der Waals surface area contributed by atoms with E-state index >= 15 is 0 Å². The highest BCUT2D eigenvalue weighted by Gasteiger charge is 2.43. The van der Waals surface area contributed by atoms with E-state index in [-0.39, 0.29) is 28.2 Å².